The molecule has 0 bridgehead atoms. The fraction of sp³-hybridized carbons (Fsp3) is 0.0370. The van der Waals surface area contributed by atoms with E-state index < -0.39 is 0 Å². The molecule has 0 aliphatic heterocycles. The summed E-state index contributed by atoms with van der Waals surface area (Å²) in [5.74, 6) is 1.96. The van der Waals surface area contributed by atoms with Crippen molar-refractivity contribution >= 4 is 22.6 Å². The first kappa shape index (κ1) is 19.6. The first-order valence-electron chi connectivity index (χ1n) is 10.4. The Morgan fingerprint density at radius 3 is 2.12 bits per heavy atom. The summed E-state index contributed by atoms with van der Waals surface area (Å²) in [5, 5.41) is 8.55. The van der Waals surface area contributed by atoms with Crippen LogP contribution in [0.5, 0.6) is 11.5 Å². The number of ether oxygens (including phenoxy) is 1. The van der Waals surface area contributed by atoms with E-state index in [1.54, 1.807) is 12.1 Å². The van der Waals surface area contributed by atoms with Crippen LogP contribution in [0.1, 0.15) is 15.9 Å². The van der Waals surface area contributed by atoms with Crippen molar-refractivity contribution in [2.75, 3.05) is 5.32 Å². The highest BCUT2D eigenvalue weighted by atomic mass is 16.5. The van der Waals surface area contributed by atoms with E-state index in [9.17, 15) is 4.79 Å². The van der Waals surface area contributed by atoms with Crippen molar-refractivity contribution in [3.8, 4) is 11.5 Å². The average molecular weight is 419 g/mol. The summed E-state index contributed by atoms with van der Waals surface area (Å²) in [6.07, 6.45) is 0. The SMILES string of the molecule is O=C(Nc1nn(Cc2ccc(Oc3ccccc3)cc2)c2ccccc12)c1ccccc1. The molecule has 0 spiro atoms. The van der Waals surface area contributed by atoms with Gasteiger partial charge in [-0.15, -0.1) is 0 Å². The molecule has 5 aromatic rings. The monoisotopic (exact) mass is 419 g/mol. The number of hydrogen-bond acceptors (Lipinski definition) is 3. The minimum Gasteiger partial charge on any atom is -0.457 e. The van der Waals surface area contributed by atoms with Gasteiger partial charge in [-0.05, 0) is 54.1 Å². The minimum atomic E-state index is -0.177. The van der Waals surface area contributed by atoms with Gasteiger partial charge in [0.1, 0.15) is 11.5 Å². The lowest BCUT2D eigenvalue weighted by Crippen LogP contribution is -2.12. The molecular formula is C27H21N3O2. The van der Waals surface area contributed by atoms with Crippen LogP contribution < -0.4 is 10.1 Å². The number of aromatic nitrogens is 2. The summed E-state index contributed by atoms with van der Waals surface area (Å²) in [5.41, 5.74) is 2.64. The zero-order valence-electron chi connectivity index (χ0n) is 17.3. The molecule has 0 aliphatic rings. The first-order valence-corrected chi connectivity index (χ1v) is 10.4. The van der Waals surface area contributed by atoms with Gasteiger partial charge in [0.05, 0.1) is 12.1 Å². The fourth-order valence-corrected chi connectivity index (χ4v) is 3.57. The molecule has 0 atom stereocenters. The Balaban J connectivity index is 1.37. The lowest BCUT2D eigenvalue weighted by molar-refractivity contribution is 0.102. The molecule has 4 aromatic carbocycles. The molecule has 0 fully saturated rings. The topological polar surface area (TPSA) is 56.2 Å². The van der Waals surface area contributed by atoms with Gasteiger partial charge >= 0.3 is 0 Å². The van der Waals surface area contributed by atoms with Crippen LogP contribution in [-0.2, 0) is 6.54 Å². The van der Waals surface area contributed by atoms with Crippen LogP contribution in [0.3, 0.4) is 0 Å². The molecule has 1 aromatic heterocycles. The third-order valence-corrected chi connectivity index (χ3v) is 5.16. The number of nitrogens with zero attached hydrogens (tertiary/aromatic N) is 2. The molecule has 156 valence electrons. The highest BCUT2D eigenvalue weighted by Gasteiger charge is 2.14. The van der Waals surface area contributed by atoms with Crippen LogP contribution >= 0.6 is 0 Å². The van der Waals surface area contributed by atoms with Gasteiger partial charge in [0.15, 0.2) is 5.82 Å². The lowest BCUT2D eigenvalue weighted by Gasteiger charge is -2.07. The van der Waals surface area contributed by atoms with E-state index in [2.05, 4.69) is 5.32 Å². The molecular weight excluding hydrogens is 398 g/mol. The van der Waals surface area contributed by atoms with E-state index in [0.29, 0.717) is 17.9 Å². The zero-order chi connectivity index (χ0) is 21.8. The predicted molar refractivity (Wildman–Crippen MR) is 126 cm³/mol. The largest absolute Gasteiger partial charge is 0.457 e. The van der Waals surface area contributed by atoms with Gasteiger partial charge in [0.25, 0.3) is 5.91 Å². The zero-order valence-corrected chi connectivity index (χ0v) is 17.3. The molecule has 0 aliphatic carbocycles. The van der Waals surface area contributed by atoms with Crippen LogP contribution in [0.15, 0.2) is 109 Å². The second-order valence-corrected chi connectivity index (χ2v) is 7.40. The summed E-state index contributed by atoms with van der Waals surface area (Å²) in [4.78, 5) is 12.6. The molecule has 0 unspecified atom stereocenters. The van der Waals surface area contributed by atoms with E-state index >= 15 is 0 Å². The summed E-state index contributed by atoms with van der Waals surface area (Å²) in [6, 6.07) is 34.7. The number of anilines is 1. The molecule has 0 saturated heterocycles. The Bertz CT molecular complexity index is 1340. The molecule has 1 heterocycles. The minimum absolute atomic E-state index is 0.177. The highest BCUT2D eigenvalue weighted by Crippen LogP contribution is 2.25. The lowest BCUT2D eigenvalue weighted by atomic mass is 10.2. The Labute approximate surface area is 185 Å². The third kappa shape index (κ3) is 4.23. The van der Waals surface area contributed by atoms with Crippen molar-refractivity contribution in [1.82, 2.24) is 9.78 Å². The van der Waals surface area contributed by atoms with Crippen molar-refractivity contribution in [3.63, 3.8) is 0 Å². The summed E-state index contributed by atoms with van der Waals surface area (Å²) in [6.45, 7) is 0.577. The number of amides is 1. The molecule has 0 radical (unpaired) electrons. The van der Waals surface area contributed by atoms with Crippen molar-refractivity contribution in [2.24, 2.45) is 0 Å². The van der Waals surface area contributed by atoms with Crippen LogP contribution in [0, 0.1) is 0 Å². The highest BCUT2D eigenvalue weighted by molar-refractivity contribution is 6.07. The smallest absolute Gasteiger partial charge is 0.256 e. The second kappa shape index (κ2) is 8.78. The maximum atomic E-state index is 12.6. The maximum absolute atomic E-state index is 12.6. The van der Waals surface area contributed by atoms with Gasteiger partial charge in [-0.2, -0.15) is 5.10 Å². The van der Waals surface area contributed by atoms with Gasteiger partial charge < -0.3 is 10.1 Å². The van der Waals surface area contributed by atoms with E-state index in [-0.39, 0.29) is 5.91 Å². The molecule has 5 heteroatoms. The van der Waals surface area contributed by atoms with Crippen LogP contribution in [0.2, 0.25) is 0 Å². The number of carbonyl (C=O) groups is 1. The molecule has 5 rings (SSSR count). The molecule has 1 N–H and O–H groups in total. The average Bonchev–Trinajstić information content (AvgIpc) is 3.18. The predicted octanol–water partition coefficient (Wildman–Crippen LogP) is 6.13. The van der Waals surface area contributed by atoms with Gasteiger partial charge in [0, 0.05) is 10.9 Å². The van der Waals surface area contributed by atoms with Crippen molar-refractivity contribution in [3.05, 3.63) is 120 Å². The van der Waals surface area contributed by atoms with Crippen molar-refractivity contribution in [2.45, 2.75) is 6.54 Å². The first-order chi connectivity index (χ1) is 15.8. The fourth-order valence-electron chi connectivity index (χ4n) is 3.57. The van der Waals surface area contributed by atoms with Gasteiger partial charge in [0.2, 0.25) is 0 Å². The molecule has 0 saturated carbocycles. The maximum Gasteiger partial charge on any atom is 0.256 e. The Morgan fingerprint density at radius 2 is 1.38 bits per heavy atom. The number of nitrogens with one attached hydrogen (secondary N) is 1. The standard InChI is InChI=1S/C27H21N3O2/c31-27(21-9-3-1-4-10-21)28-26-24-13-7-8-14-25(24)30(29-26)19-20-15-17-23(18-16-20)32-22-11-5-2-6-12-22/h1-18H,19H2,(H,28,29,31). The molecule has 5 nitrogen and oxygen atoms in total. The van der Waals surface area contributed by atoms with Gasteiger partial charge in [-0.3, -0.25) is 9.48 Å². The van der Waals surface area contributed by atoms with Crippen LogP contribution in [0.25, 0.3) is 10.9 Å². The van der Waals surface area contributed by atoms with Crippen LogP contribution in [-0.4, -0.2) is 15.7 Å². The Kier molecular flexibility index (Phi) is 5.37. The third-order valence-electron chi connectivity index (χ3n) is 5.16. The number of para-hydroxylation sites is 2. The Morgan fingerprint density at radius 1 is 0.750 bits per heavy atom. The summed E-state index contributed by atoms with van der Waals surface area (Å²) < 4.78 is 7.78. The Hall–Kier alpha value is -4.38. The van der Waals surface area contributed by atoms with E-state index in [1.165, 1.54) is 0 Å². The normalized spacial score (nSPS) is 10.8. The molecule has 32 heavy (non-hydrogen) atoms. The summed E-state index contributed by atoms with van der Waals surface area (Å²) >= 11 is 0. The van der Waals surface area contributed by atoms with Gasteiger partial charge in [-0.1, -0.05) is 60.7 Å². The van der Waals surface area contributed by atoms with Crippen molar-refractivity contribution in [1.29, 1.82) is 0 Å². The number of rotatable bonds is 6. The summed E-state index contributed by atoms with van der Waals surface area (Å²) in [7, 11) is 0. The van der Waals surface area contributed by atoms with E-state index in [4.69, 9.17) is 9.84 Å². The van der Waals surface area contributed by atoms with E-state index in [0.717, 1.165) is 28.0 Å². The van der Waals surface area contributed by atoms with Crippen LogP contribution in [0.4, 0.5) is 5.82 Å². The van der Waals surface area contributed by atoms with Crippen molar-refractivity contribution < 1.29 is 9.53 Å². The number of hydrogen-bond donors (Lipinski definition) is 1. The van der Waals surface area contributed by atoms with Gasteiger partial charge in [-0.25, -0.2) is 0 Å². The van der Waals surface area contributed by atoms with E-state index in [1.807, 2.05) is 102 Å². The number of benzene rings is 4. The number of fused-ring (bicyclic) bond motifs is 1. The molecule has 1 amide bonds. The quantitative estimate of drug-likeness (QED) is 0.360. The second-order valence-electron chi connectivity index (χ2n) is 7.40. The number of carbonyl (C=O) groups excluding carboxylic acids is 1.